The van der Waals surface area contributed by atoms with E-state index in [0.29, 0.717) is 12.3 Å². The summed E-state index contributed by atoms with van der Waals surface area (Å²) in [7, 11) is 0. The number of furan rings is 2. The first-order valence-electron chi connectivity index (χ1n) is 24.0. The monoisotopic (exact) mass is 892 g/mol. The third-order valence-electron chi connectivity index (χ3n) is 15.0. The number of rotatable bonds is 5. The van der Waals surface area contributed by atoms with Gasteiger partial charge in [-0.15, -0.1) is 0 Å². The molecule has 0 amide bonds. The summed E-state index contributed by atoms with van der Waals surface area (Å²) in [6.07, 6.45) is 2.80. The maximum absolute atomic E-state index is 6.66. The Morgan fingerprint density at radius 2 is 0.857 bits per heavy atom. The second-order valence-corrected chi connectivity index (χ2v) is 18.6. The van der Waals surface area contributed by atoms with Gasteiger partial charge in [-0.25, -0.2) is 9.98 Å². The summed E-state index contributed by atoms with van der Waals surface area (Å²) in [5, 5.41) is 4.21. The molecule has 326 valence electrons. The van der Waals surface area contributed by atoms with Crippen molar-refractivity contribution >= 4 is 61.1 Å². The Hall–Kier alpha value is -9.12. The van der Waals surface area contributed by atoms with Gasteiger partial charge in [0.15, 0.2) is 5.84 Å². The lowest BCUT2D eigenvalue weighted by Gasteiger charge is -2.32. The maximum Gasteiger partial charge on any atom is 0.160 e. The Morgan fingerprint density at radius 1 is 0.343 bits per heavy atom. The lowest BCUT2D eigenvalue weighted by Crippen LogP contribution is -2.26. The van der Waals surface area contributed by atoms with Gasteiger partial charge in [0.2, 0.25) is 0 Å². The summed E-state index contributed by atoms with van der Waals surface area (Å²) in [5.41, 5.74) is 22.9. The van der Waals surface area contributed by atoms with E-state index in [2.05, 4.69) is 194 Å². The molecule has 1 spiro atoms. The van der Waals surface area contributed by atoms with Crippen LogP contribution in [0.5, 0.6) is 0 Å². The summed E-state index contributed by atoms with van der Waals surface area (Å²) in [6, 6.07) is 80.7. The number of para-hydroxylation sites is 1. The average Bonchev–Trinajstić information content (AvgIpc) is 4.12. The topological polar surface area (TPSA) is 51.0 Å². The van der Waals surface area contributed by atoms with Crippen molar-refractivity contribution in [3.63, 3.8) is 0 Å². The van der Waals surface area contributed by atoms with Crippen LogP contribution in [0, 0.1) is 0 Å². The minimum Gasteiger partial charge on any atom is -0.456 e. The molecule has 3 aliphatic rings. The molecule has 12 aromatic rings. The zero-order chi connectivity index (χ0) is 45.9. The molecule has 70 heavy (non-hydrogen) atoms. The molecule has 0 saturated heterocycles. The maximum atomic E-state index is 6.66. The van der Waals surface area contributed by atoms with Crippen LogP contribution in [-0.2, 0) is 5.41 Å². The van der Waals surface area contributed by atoms with Crippen molar-refractivity contribution in [2.24, 2.45) is 9.98 Å². The molecule has 3 heterocycles. The van der Waals surface area contributed by atoms with Crippen LogP contribution < -0.4 is 0 Å². The Balaban J connectivity index is 0.873. The fourth-order valence-electron chi connectivity index (χ4n) is 12.1. The van der Waals surface area contributed by atoms with Gasteiger partial charge in [0, 0.05) is 44.7 Å². The van der Waals surface area contributed by atoms with Gasteiger partial charge in [-0.3, -0.25) is 0 Å². The van der Waals surface area contributed by atoms with E-state index >= 15 is 0 Å². The largest absolute Gasteiger partial charge is 0.456 e. The van der Waals surface area contributed by atoms with Crippen LogP contribution in [0.15, 0.2) is 249 Å². The second-order valence-electron chi connectivity index (χ2n) is 18.6. The normalized spacial score (nSPS) is 14.3. The zero-order valence-corrected chi connectivity index (χ0v) is 37.9. The van der Waals surface area contributed by atoms with E-state index in [4.69, 9.17) is 18.8 Å². The highest BCUT2D eigenvalue weighted by Crippen LogP contribution is 2.64. The SMILES string of the molecule is C1=C(c2cccc3oc4ccc(-c5cccc(-c6cccc7c6C6(c8ccccc8-c8ccccc86)c6ccccc6-7)c5)cc4c23)N=C(c2ccccc2)N=C(c2cccc3oc4ccccc4c23)C1. The van der Waals surface area contributed by atoms with Crippen LogP contribution in [0.1, 0.15) is 45.4 Å². The average molecular weight is 893 g/mol. The molecule has 2 aliphatic carbocycles. The number of fused-ring (bicyclic) bond motifs is 16. The first-order chi connectivity index (χ1) is 34.7. The molecule has 2 aromatic heterocycles. The van der Waals surface area contributed by atoms with E-state index in [0.717, 1.165) is 83.1 Å². The highest BCUT2D eigenvalue weighted by atomic mass is 16.3. The molecule has 0 atom stereocenters. The number of benzene rings is 10. The van der Waals surface area contributed by atoms with E-state index < -0.39 is 5.41 Å². The Bertz CT molecular complexity index is 4210. The lowest BCUT2D eigenvalue weighted by atomic mass is 9.68. The van der Waals surface area contributed by atoms with Gasteiger partial charge in [-0.1, -0.05) is 194 Å². The Kier molecular flexibility index (Phi) is 8.31. The smallest absolute Gasteiger partial charge is 0.160 e. The molecule has 0 radical (unpaired) electrons. The van der Waals surface area contributed by atoms with Gasteiger partial charge >= 0.3 is 0 Å². The van der Waals surface area contributed by atoms with Crippen molar-refractivity contribution in [3.05, 3.63) is 269 Å². The standard InChI is InChI=1S/C66H40N2O2/c1-2-16-40(17-3-1)65-67-56(49-26-14-32-60-62(49)51-23-7-11-31-58(51)69-60)35-36-57(68-65)50-27-15-33-61-63(50)52-39-42(34-37-59(52)70-61)41-18-12-19-43(38-41)44-24-13-25-48-47-22-6-10-30-55(47)66(64(44)48)53-28-8-4-20-45(53)46-21-5-9-29-54(46)66/h1-34,36-39H,35H2. The predicted octanol–water partition coefficient (Wildman–Crippen LogP) is 16.8. The van der Waals surface area contributed by atoms with Crippen LogP contribution in [0.2, 0.25) is 0 Å². The molecule has 15 rings (SSSR count). The molecule has 1 aliphatic heterocycles. The highest BCUT2D eigenvalue weighted by molar-refractivity contribution is 6.23. The van der Waals surface area contributed by atoms with Gasteiger partial charge < -0.3 is 8.83 Å². The van der Waals surface area contributed by atoms with Gasteiger partial charge in [0.1, 0.15) is 22.3 Å². The third-order valence-corrected chi connectivity index (χ3v) is 15.0. The van der Waals surface area contributed by atoms with Crippen LogP contribution >= 0.6 is 0 Å². The van der Waals surface area contributed by atoms with Crippen LogP contribution in [0.3, 0.4) is 0 Å². The van der Waals surface area contributed by atoms with Crippen molar-refractivity contribution in [2.45, 2.75) is 11.8 Å². The molecule has 4 nitrogen and oxygen atoms in total. The first-order valence-corrected chi connectivity index (χ1v) is 24.0. The van der Waals surface area contributed by atoms with Crippen molar-refractivity contribution < 1.29 is 8.83 Å². The number of hydrogen-bond acceptors (Lipinski definition) is 4. The Labute approximate surface area is 403 Å². The van der Waals surface area contributed by atoms with E-state index in [1.807, 2.05) is 36.4 Å². The molecular weight excluding hydrogens is 853 g/mol. The molecule has 0 saturated carbocycles. The minimum absolute atomic E-state index is 0.445. The van der Waals surface area contributed by atoms with Crippen molar-refractivity contribution in [1.82, 2.24) is 0 Å². The fourth-order valence-corrected chi connectivity index (χ4v) is 12.1. The Morgan fingerprint density at radius 3 is 1.61 bits per heavy atom. The predicted molar refractivity (Wildman–Crippen MR) is 287 cm³/mol. The highest BCUT2D eigenvalue weighted by Gasteiger charge is 2.52. The quantitative estimate of drug-likeness (QED) is 0.173. The van der Waals surface area contributed by atoms with E-state index in [9.17, 15) is 0 Å². The number of aliphatic imine (C=N–C) groups is 2. The molecule has 0 unspecified atom stereocenters. The summed E-state index contributed by atoms with van der Waals surface area (Å²) < 4.78 is 13.0. The van der Waals surface area contributed by atoms with Crippen molar-refractivity contribution in [2.75, 3.05) is 0 Å². The molecule has 10 aromatic carbocycles. The van der Waals surface area contributed by atoms with Crippen LogP contribution in [-0.4, -0.2) is 11.5 Å². The first kappa shape index (κ1) is 38.9. The van der Waals surface area contributed by atoms with Gasteiger partial charge in [0.05, 0.1) is 16.8 Å². The zero-order valence-electron chi connectivity index (χ0n) is 37.9. The minimum atomic E-state index is -0.445. The van der Waals surface area contributed by atoms with Gasteiger partial charge in [0.25, 0.3) is 0 Å². The van der Waals surface area contributed by atoms with E-state index in [1.54, 1.807) is 0 Å². The van der Waals surface area contributed by atoms with Crippen LogP contribution in [0.4, 0.5) is 0 Å². The molecule has 0 N–H and O–H groups in total. The molecule has 4 heteroatoms. The molecular formula is C66H40N2O2. The molecule has 0 fully saturated rings. The summed E-state index contributed by atoms with van der Waals surface area (Å²) in [5.74, 6) is 0.660. The van der Waals surface area contributed by atoms with Gasteiger partial charge in [-0.2, -0.15) is 0 Å². The number of nitrogens with zero attached hydrogens (tertiary/aromatic N) is 2. The summed E-state index contributed by atoms with van der Waals surface area (Å²) in [4.78, 5) is 10.8. The summed E-state index contributed by atoms with van der Waals surface area (Å²) >= 11 is 0. The van der Waals surface area contributed by atoms with Crippen molar-refractivity contribution in [1.29, 1.82) is 0 Å². The number of hydrogen-bond donors (Lipinski definition) is 0. The lowest BCUT2D eigenvalue weighted by molar-refractivity contribution is 0.668. The van der Waals surface area contributed by atoms with Crippen molar-refractivity contribution in [3.8, 4) is 44.5 Å². The van der Waals surface area contributed by atoms with Crippen LogP contribution in [0.25, 0.3) is 94.1 Å². The molecule has 0 bridgehead atoms. The van der Waals surface area contributed by atoms with E-state index in [-0.39, 0.29) is 0 Å². The third kappa shape index (κ3) is 5.53. The second kappa shape index (κ2) is 14.9. The number of allylic oxidation sites excluding steroid dienone is 1. The fraction of sp³-hybridized carbons (Fsp3) is 0.0303. The van der Waals surface area contributed by atoms with Gasteiger partial charge in [-0.05, 0) is 103 Å². The van der Waals surface area contributed by atoms with E-state index in [1.165, 1.54) is 55.6 Å². The number of amidine groups is 1. The summed E-state index contributed by atoms with van der Waals surface area (Å²) in [6.45, 7) is 0.